The molecule has 1 heterocycles. The standard InChI is InChI=1S/C21H24N2O2/c1-18-21(25-17-20-11-6-3-7-12-20)15-23(22-18)13-8-14-24-16-19-9-4-2-5-10-19/h2-7,9-12,15H,8,13-14,16-17H2,1H3. The first kappa shape index (κ1) is 17.2. The molecule has 0 N–H and O–H groups in total. The molecule has 4 nitrogen and oxygen atoms in total. The summed E-state index contributed by atoms with van der Waals surface area (Å²) >= 11 is 0. The van der Waals surface area contributed by atoms with Crippen LogP contribution in [-0.2, 0) is 24.5 Å². The van der Waals surface area contributed by atoms with Crippen molar-refractivity contribution < 1.29 is 9.47 Å². The molecule has 0 unspecified atom stereocenters. The molecule has 3 aromatic rings. The number of hydrogen-bond acceptors (Lipinski definition) is 3. The summed E-state index contributed by atoms with van der Waals surface area (Å²) in [5.74, 6) is 0.842. The van der Waals surface area contributed by atoms with Crippen LogP contribution in [0.2, 0.25) is 0 Å². The highest BCUT2D eigenvalue weighted by atomic mass is 16.5. The summed E-state index contributed by atoms with van der Waals surface area (Å²) in [4.78, 5) is 0. The topological polar surface area (TPSA) is 36.3 Å². The van der Waals surface area contributed by atoms with Gasteiger partial charge in [-0.05, 0) is 24.5 Å². The predicted octanol–water partition coefficient (Wildman–Crippen LogP) is 4.38. The SMILES string of the molecule is Cc1nn(CCCOCc2ccccc2)cc1OCc1ccccc1. The molecule has 25 heavy (non-hydrogen) atoms. The largest absolute Gasteiger partial charge is 0.485 e. The molecule has 0 amide bonds. The zero-order valence-electron chi connectivity index (χ0n) is 14.6. The molecule has 0 atom stereocenters. The highest BCUT2D eigenvalue weighted by molar-refractivity contribution is 5.24. The minimum absolute atomic E-state index is 0.563. The Kier molecular flexibility index (Phi) is 6.23. The number of aromatic nitrogens is 2. The van der Waals surface area contributed by atoms with Gasteiger partial charge in [0, 0.05) is 13.2 Å². The van der Waals surface area contributed by atoms with Crippen LogP contribution in [0.25, 0.3) is 0 Å². The quantitative estimate of drug-likeness (QED) is 0.544. The first-order chi connectivity index (χ1) is 12.3. The average Bonchev–Trinajstić information content (AvgIpc) is 3.01. The van der Waals surface area contributed by atoms with Crippen LogP contribution in [0.3, 0.4) is 0 Å². The van der Waals surface area contributed by atoms with Crippen LogP contribution in [0.15, 0.2) is 66.9 Å². The van der Waals surface area contributed by atoms with Gasteiger partial charge in [0.1, 0.15) is 12.3 Å². The first-order valence-corrected chi connectivity index (χ1v) is 8.64. The second-order valence-electron chi connectivity index (χ2n) is 6.01. The molecule has 0 saturated carbocycles. The molecule has 0 bridgehead atoms. The van der Waals surface area contributed by atoms with Gasteiger partial charge in [-0.25, -0.2) is 0 Å². The Labute approximate surface area is 149 Å². The van der Waals surface area contributed by atoms with Gasteiger partial charge in [0.25, 0.3) is 0 Å². The summed E-state index contributed by atoms with van der Waals surface area (Å²) in [6.07, 6.45) is 2.89. The fourth-order valence-corrected chi connectivity index (χ4v) is 2.58. The molecule has 2 aromatic carbocycles. The van der Waals surface area contributed by atoms with Gasteiger partial charge >= 0.3 is 0 Å². The van der Waals surface area contributed by atoms with Gasteiger partial charge in [0.05, 0.1) is 12.8 Å². The lowest BCUT2D eigenvalue weighted by molar-refractivity contribution is 0.115. The first-order valence-electron chi connectivity index (χ1n) is 8.64. The Morgan fingerprint density at radius 1 is 0.880 bits per heavy atom. The Bertz CT molecular complexity index is 754. The lowest BCUT2D eigenvalue weighted by Crippen LogP contribution is -2.03. The van der Waals surface area contributed by atoms with E-state index in [4.69, 9.17) is 9.47 Å². The van der Waals surface area contributed by atoms with Crippen LogP contribution in [-0.4, -0.2) is 16.4 Å². The van der Waals surface area contributed by atoms with Gasteiger partial charge in [-0.1, -0.05) is 60.7 Å². The lowest BCUT2D eigenvalue weighted by Gasteiger charge is -2.05. The minimum atomic E-state index is 0.563. The molecule has 3 rings (SSSR count). The molecule has 0 saturated heterocycles. The third-order valence-corrected chi connectivity index (χ3v) is 3.93. The van der Waals surface area contributed by atoms with Crippen LogP contribution in [0, 0.1) is 6.92 Å². The van der Waals surface area contributed by atoms with Gasteiger partial charge in [0.15, 0.2) is 5.75 Å². The number of benzene rings is 2. The molecule has 0 spiro atoms. The van der Waals surface area contributed by atoms with E-state index in [0.29, 0.717) is 19.8 Å². The molecule has 1 aromatic heterocycles. The molecule has 0 aliphatic rings. The van der Waals surface area contributed by atoms with Gasteiger partial charge in [-0.15, -0.1) is 0 Å². The summed E-state index contributed by atoms with van der Waals surface area (Å²) in [7, 11) is 0. The fourth-order valence-electron chi connectivity index (χ4n) is 2.58. The van der Waals surface area contributed by atoms with Gasteiger partial charge in [-0.3, -0.25) is 4.68 Å². The maximum atomic E-state index is 5.87. The molecule has 130 valence electrons. The van der Waals surface area contributed by atoms with Crippen molar-refractivity contribution >= 4 is 0 Å². The summed E-state index contributed by atoms with van der Waals surface area (Å²) in [6, 6.07) is 20.4. The Balaban J connectivity index is 1.40. The van der Waals surface area contributed by atoms with Crippen LogP contribution in [0.5, 0.6) is 5.75 Å². The molecule has 0 aliphatic carbocycles. The second-order valence-corrected chi connectivity index (χ2v) is 6.01. The van der Waals surface area contributed by atoms with Gasteiger partial charge in [0.2, 0.25) is 0 Å². The van der Waals surface area contributed by atoms with Crippen LogP contribution in [0.4, 0.5) is 0 Å². The number of hydrogen-bond donors (Lipinski definition) is 0. The van der Waals surface area contributed by atoms with Crippen molar-refractivity contribution in [3.05, 3.63) is 83.7 Å². The Morgan fingerprint density at radius 3 is 2.20 bits per heavy atom. The Hall–Kier alpha value is -2.59. The lowest BCUT2D eigenvalue weighted by atomic mass is 10.2. The van der Waals surface area contributed by atoms with E-state index in [1.807, 2.05) is 54.2 Å². The number of aryl methyl sites for hydroxylation is 2. The van der Waals surface area contributed by atoms with E-state index in [2.05, 4.69) is 29.4 Å². The molecular formula is C21H24N2O2. The highest BCUT2D eigenvalue weighted by Crippen LogP contribution is 2.17. The third kappa shape index (κ3) is 5.47. The normalized spacial score (nSPS) is 10.8. The number of nitrogens with zero attached hydrogens (tertiary/aromatic N) is 2. The van der Waals surface area contributed by atoms with Crippen molar-refractivity contribution in [2.45, 2.75) is 33.1 Å². The van der Waals surface area contributed by atoms with Crippen LogP contribution in [0.1, 0.15) is 23.2 Å². The smallest absolute Gasteiger partial charge is 0.160 e. The van der Waals surface area contributed by atoms with E-state index in [0.717, 1.165) is 30.0 Å². The van der Waals surface area contributed by atoms with E-state index in [9.17, 15) is 0 Å². The van der Waals surface area contributed by atoms with Crippen LogP contribution < -0.4 is 4.74 Å². The predicted molar refractivity (Wildman–Crippen MR) is 98.5 cm³/mol. The second kappa shape index (κ2) is 9.04. The van der Waals surface area contributed by atoms with Gasteiger partial charge < -0.3 is 9.47 Å². The molecule has 0 radical (unpaired) electrons. The van der Waals surface area contributed by atoms with Gasteiger partial charge in [-0.2, -0.15) is 5.10 Å². The molecule has 0 aliphatic heterocycles. The van der Waals surface area contributed by atoms with E-state index >= 15 is 0 Å². The van der Waals surface area contributed by atoms with Crippen molar-refractivity contribution in [1.82, 2.24) is 9.78 Å². The minimum Gasteiger partial charge on any atom is -0.485 e. The highest BCUT2D eigenvalue weighted by Gasteiger charge is 2.06. The molecular weight excluding hydrogens is 312 g/mol. The zero-order valence-corrected chi connectivity index (χ0v) is 14.6. The van der Waals surface area contributed by atoms with Crippen molar-refractivity contribution in [2.24, 2.45) is 0 Å². The number of ether oxygens (including phenoxy) is 2. The summed E-state index contributed by atoms with van der Waals surface area (Å²) in [5, 5.41) is 4.51. The molecule has 4 heteroatoms. The fraction of sp³-hybridized carbons (Fsp3) is 0.286. The van der Waals surface area contributed by atoms with Crippen molar-refractivity contribution in [3.63, 3.8) is 0 Å². The third-order valence-electron chi connectivity index (χ3n) is 3.93. The van der Waals surface area contributed by atoms with Crippen molar-refractivity contribution in [1.29, 1.82) is 0 Å². The van der Waals surface area contributed by atoms with Crippen molar-refractivity contribution in [2.75, 3.05) is 6.61 Å². The zero-order chi connectivity index (χ0) is 17.3. The summed E-state index contributed by atoms with van der Waals surface area (Å²) in [5.41, 5.74) is 3.28. The van der Waals surface area contributed by atoms with Crippen molar-refractivity contribution in [3.8, 4) is 5.75 Å². The summed E-state index contributed by atoms with van der Waals surface area (Å²) in [6.45, 7) is 4.74. The van der Waals surface area contributed by atoms with E-state index < -0.39 is 0 Å². The average molecular weight is 336 g/mol. The summed E-state index contributed by atoms with van der Waals surface area (Å²) < 4.78 is 13.5. The Morgan fingerprint density at radius 2 is 1.52 bits per heavy atom. The van der Waals surface area contributed by atoms with E-state index in [1.54, 1.807) is 0 Å². The maximum Gasteiger partial charge on any atom is 0.160 e. The molecule has 0 fully saturated rings. The number of rotatable bonds is 9. The van der Waals surface area contributed by atoms with E-state index in [-0.39, 0.29) is 0 Å². The maximum absolute atomic E-state index is 5.87. The monoisotopic (exact) mass is 336 g/mol. The van der Waals surface area contributed by atoms with Crippen LogP contribution >= 0.6 is 0 Å². The van der Waals surface area contributed by atoms with E-state index in [1.165, 1.54) is 5.56 Å².